The lowest BCUT2D eigenvalue weighted by atomic mass is 10.1. The molecule has 0 aliphatic heterocycles. The van der Waals surface area contributed by atoms with E-state index >= 15 is 0 Å². The van der Waals surface area contributed by atoms with Crippen LogP contribution in [0.25, 0.3) is 0 Å². The second-order valence-corrected chi connectivity index (χ2v) is 5.43. The first-order valence-electron chi connectivity index (χ1n) is 7.18. The maximum absolute atomic E-state index is 12.0. The molecule has 0 radical (unpaired) electrons. The summed E-state index contributed by atoms with van der Waals surface area (Å²) in [5.74, 6) is 0.573. The quantitative estimate of drug-likeness (QED) is 0.786. The molecule has 0 saturated heterocycles. The largest absolute Gasteiger partial charge is 0.481 e. The highest BCUT2D eigenvalue weighted by Crippen LogP contribution is 2.25. The molecule has 2 atom stereocenters. The average Bonchev–Trinajstić information content (AvgIpc) is 2.35. The minimum Gasteiger partial charge on any atom is -0.481 e. The van der Waals surface area contributed by atoms with Gasteiger partial charge in [0.15, 0.2) is 6.10 Å². The maximum atomic E-state index is 12.0. The van der Waals surface area contributed by atoms with E-state index in [1.54, 1.807) is 13.0 Å². The Balaban J connectivity index is 2.68. The first kappa shape index (κ1) is 16.3. The van der Waals surface area contributed by atoms with Gasteiger partial charge in [-0.05, 0) is 45.2 Å². The fraction of sp³-hybridized carbons (Fsp3) is 0.562. The maximum Gasteiger partial charge on any atom is 0.260 e. The van der Waals surface area contributed by atoms with Gasteiger partial charge >= 0.3 is 0 Å². The fourth-order valence-electron chi connectivity index (χ4n) is 2.08. The number of aryl methyl sites for hydroxylation is 2. The van der Waals surface area contributed by atoms with Crippen LogP contribution in [0.5, 0.6) is 5.75 Å². The van der Waals surface area contributed by atoms with Crippen LogP contribution in [0, 0.1) is 13.8 Å². The van der Waals surface area contributed by atoms with E-state index in [1.165, 1.54) is 0 Å². The van der Waals surface area contributed by atoms with E-state index in [-0.39, 0.29) is 11.9 Å². The predicted octanol–water partition coefficient (Wildman–Crippen LogP) is 2.96. The van der Waals surface area contributed by atoms with Crippen LogP contribution < -0.4 is 15.8 Å². The molecule has 20 heavy (non-hydrogen) atoms. The van der Waals surface area contributed by atoms with Gasteiger partial charge in [-0.15, -0.1) is 0 Å². The number of amides is 1. The number of carbonyl (C=O) groups is 1. The Kier molecular flexibility index (Phi) is 5.86. The third kappa shape index (κ3) is 4.44. The van der Waals surface area contributed by atoms with Crippen LogP contribution in [0.1, 0.15) is 44.7 Å². The summed E-state index contributed by atoms with van der Waals surface area (Å²) in [5, 5.41) is 2.95. The van der Waals surface area contributed by atoms with Gasteiger partial charge in [-0.1, -0.05) is 19.4 Å². The van der Waals surface area contributed by atoms with E-state index in [1.807, 2.05) is 26.8 Å². The summed E-state index contributed by atoms with van der Waals surface area (Å²) in [6, 6.07) is 3.92. The zero-order valence-electron chi connectivity index (χ0n) is 13.1. The molecule has 0 bridgehead atoms. The normalized spacial score (nSPS) is 13.7. The molecule has 1 aromatic rings. The number of carbonyl (C=O) groups excluding carboxylic acids is 1. The molecule has 0 aliphatic carbocycles. The highest BCUT2D eigenvalue weighted by molar-refractivity contribution is 5.81. The zero-order chi connectivity index (χ0) is 15.3. The van der Waals surface area contributed by atoms with Gasteiger partial charge < -0.3 is 15.8 Å². The topological polar surface area (TPSA) is 64.3 Å². The highest BCUT2D eigenvalue weighted by atomic mass is 16.5. The fourth-order valence-corrected chi connectivity index (χ4v) is 2.08. The van der Waals surface area contributed by atoms with Crippen molar-refractivity contribution >= 4 is 11.6 Å². The lowest BCUT2D eigenvalue weighted by molar-refractivity contribution is -0.127. The van der Waals surface area contributed by atoms with Gasteiger partial charge in [0.05, 0.1) is 0 Å². The van der Waals surface area contributed by atoms with E-state index in [9.17, 15) is 4.79 Å². The Morgan fingerprint density at radius 1 is 1.30 bits per heavy atom. The number of hydrogen-bond donors (Lipinski definition) is 2. The van der Waals surface area contributed by atoms with Crippen molar-refractivity contribution < 1.29 is 9.53 Å². The van der Waals surface area contributed by atoms with Crippen molar-refractivity contribution in [1.82, 2.24) is 5.32 Å². The van der Waals surface area contributed by atoms with E-state index in [4.69, 9.17) is 10.5 Å². The molecule has 0 aromatic heterocycles. The number of rotatable bonds is 6. The van der Waals surface area contributed by atoms with Crippen molar-refractivity contribution in [3.05, 3.63) is 23.3 Å². The smallest absolute Gasteiger partial charge is 0.260 e. The molecule has 0 spiro atoms. The van der Waals surface area contributed by atoms with Crippen molar-refractivity contribution in [3.8, 4) is 5.75 Å². The SMILES string of the molecule is CCCC(C)NC(=O)C(C)Oc1cc(N)c(C)cc1C. The molecule has 0 heterocycles. The van der Waals surface area contributed by atoms with Gasteiger partial charge in [-0.2, -0.15) is 0 Å². The van der Waals surface area contributed by atoms with Gasteiger partial charge in [-0.3, -0.25) is 4.79 Å². The summed E-state index contributed by atoms with van der Waals surface area (Å²) in [4.78, 5) is 12.0. The van der Waals surface area contributed by atoms with Crippen LogP contribution in [0.4, 0.5) is 5.69 Å². The number of nitrogen functional groups attached to an aromatic ring is 1. The molecule has 1 rings (SSSR count). The lowest BCUT2D eigenvalue weighted by Gasteiger charge is -2.20. The minimum absolute atomic E-state index is 0.0931. The van der Waals surface area contributed by atoms with Crippen LogP contribution >= 0.6 is 0 Å². The molecule has 4 nitrogen and oxygen atoms in total. The molecule has 112 valence electrons. The van der Waals surface area contributed by atoms with Crippen molar-refractivity contribution in [1.29, 1.82) is 0 Å². The van der Waals surface area contributed by atoms with Gasteiger partial charge in [-0.25, -0.2) is 0 Å². The number of nitrogens with one attached hydrogen (secondary N) is 1. The Hall–Kier alpha value is -1.71. The van der Waals surface area contributed by atoms with E-state index in [2.05, 4.69) is 12.2 Å². The third-order valence-electron chi connectivity index (χ3n) is 3.35. The van der Waals surface area contributed by atoms with Crippen LogP contribution in [0.15, 0.2) is 12.1 Å². The van der Waals surface area contributed by atoms with Crippen molar-refractivity contribution in [2.45, 2.75) is 59.6 Å². The molecule has 1 amide bonds. The van der Waals surface area contributed by atoms with E-state index in [0.717, 1.165) is 24.0 Å². The van der Waals surface area contributed by atoms with E-state index < -0.39 is 6.10 Å². The second-order valence-electron chi connectivity index (χ2n) is 5.43. The molecule has 2 unspecified atom stereocenters. The Morgan fingerprint density at radius 2 is 1.95 bits per heavy atom. The number of nitrogens with two attached hydrogens (primary N) is 1. The predicted molar refractivity (Wildman–Crippen MR) is 82.9 cm³/mol. The van der Waals surface area contributed by atoms with Gasteiger partial charge in [0.2, 0.25) is 0 Å². The van der Waals surface area contributed by atoms with Crippen LogP contribution in [-0.4, -0.2) is 18.1 Å². The first-order valence-corrected chi connectivity index (χ1v) is 7.18. The lowest BCUT2D eigenvalue weighted by Crippen LogP contribution is -2.41. The molecule has 0 fully saturated rings. The second kappa shape index (κ2) is 7.17. The average molecular weight is 278 g/mol. The summed E-state index contributed by atoms with van der Waals surface area (Å²) in [5.41, 5.74) is 8.56. The molecular formula is C16H26N2O2. The molecule has 0 saturated carbocycles. The van der Waals surface area contributed by atoms with Gasteiger partial charge in [0, 0.05) is 17.8 Å². The van der Waals surface area contributed by atoms with Crippen molar-refractivity contribution in [3.63, 3.8) is 0 Å². The Labute approximate surface area is 121 Å². The number of hydrogen-bond acceptors (Lipinski definition) is 3. The first-order chi connectivity index (χ1) is 9.35. The number of anilines is 1. The summed E-state index contributed by atoms with van der Waals surface area (Å²) in [6.07, 6.45) is 1.48. The van der Waals surface area contributed by atoms with Crippen LogP contribution in [0.3, 0.4) is 0 Å². The zero-order valence-corrected chi connectivity index (χ0v) is 13.1. The Bertz CT molecular complexity index is 472. The summed E-state index contributed by atoms with van der Waals surface area (Å²) in [6.45, 7) is 9.76. The van der Waals surface area contributed by atoms with Crippen LogP contribution in [-0.2, 0) is 4.79 Å². The summed E-state index contributed by atoms with van der Waals surface area (Å²) < 4.78 is 5.73. The van der Waals surface area contributed by atoms with E-state index in [0.29, 0.717) is 11.4 Å². The molecular weight excluding hydrogens is 252 g/mol. The highest BCUT2D eigenvalue weighted by Gasteiger charge is 2.17. The van der Waals surface area contributed by atoms with Crippen molar-refractivity contribution in [2.75, 3.05) is 5.73 Å². The minimum atomic E-state index is -0.532. The van der Waals surface area contributed by atoms with Gasteiger partial charge in [0.1, 0.15) is 5.75 Å². The summed E-state index contributed by atoms with van der Waals surface area (Å²) >= 11 is 0. The summed E-state index contributed by atoms with van der Waals surface area (Å²) in [7, 11) is 0. The molecule has 4 heteroatoms. The monoisotopic (exact) mass is 278 g/mol. The molecule has 0 aliphatic rings. The molecule has 1 aromatic carbocycles. The number of benzene rings is 1. The van der Waals surface area contributed by atoms with Crippen LogP contribution in [0.2, 0.25) is 0 Å². The Morgan fingerprint density at radius 3 is 2.55 bits per heavy atom. The number of ether oxygens (including phenoxy) is 1. The third-order valence-corrected chi connectivity index (χ3v) is 3.35. The molecule has 3 N–H and O–H groups in total. The standard InChI is InChI=1S/C16H26N2O2/c1-6-7-12(4)18-16(19)13(5)20-15-9-14(17)10(2)8-11(15)3/h8-9,12-13H,6-7,17H2,1-5H3,(H,18,19). The van der Waals surface area contributed by atoms with Crippen molar-refractivity contribution in [2.24, 2.45) is 0 Å². The van der Waals surface area contributed by atoms with Gasteiger partial charge in [0.25, 0.3) is 5.91 Å².